The predicted octanol–water partition coefficient (Wildman–Crippen LogP) is 22.8. The summed E-state index contributed by atoms with van der Waals surface area (Å²) in [5.41, 5.74) is 0. The van der Waals surface area contributed by atoms with Gasteiger partial charge in [-0.15, -0.1) is 0 Å². The number of hydrogen-bond acceptors (Lipinski definition) is 15. The van der Waals surface area contributed by atoms with Crippen molar-refractivity contribution < 1.29 is 80.2 Å². The van der Waals surface area contributed by atoms with Gasteiger partial charge >= 0.3 is 39.5 Å². The Bertz CT molecular complexity index is 2270. The Morgan fingerprint density at radius 1 is 0.290 bits per heavy atom. The van der Waals surface area contributed by atoms with Gasteiger partial charge in [0.15, 0.2) is 12.2 Å². The molecule has 100 heavy (non-hydrogen) atoms. The van der Waals surface area contributed by atoms with E-state index in [9.17, 15) is 43.2 Å². The highest BCUT2D eigenvalue weighted by molar-refractivity contribution is 7.47. The number of hydrogen-bond donors (Lipinski definition) is 3. The molecule has 0 aromatic heterocycles. The van der Waals surface area contributed by atoms with E-state index in [0.29, 0.717) is 25.7 Å². The average molecular weight is 1450 g/mol. The van der Waals surface area contributed by atoms with Crippen molar-refractivity contribution in [2.45, 2.75) is 354 Å². The van der Waals surface area contributed by atoms with Crippen molar-refractivity contribution >= 4 is 39.5 Å². The first kappa shape index (κ1) is 96.0. The molecule has 0 aliphatic heterocycles. The van der Waals surface area contributed by atoms with Gasteiger partial charge in [-0.3, -0.25) is 37.3 Å². The van der Waals surface area contributed by atoms with E-state index in [4.69, 9.17) is 37.0 Å². The molecular weight excluding hydrogens is 1310 g/mol. The van der Waals surface area contributed by atoms with E-state index in [1.165, 1.54) is 83.5 Å². The highest BCUT2D eigenvalue weighted by Gasteiger charge is 2.30. The number of aliphatic hydroxyl groups is 1. The molecular formula is C81H142O17P2. The molecule has 5 atom stereocenters. The van der Waals surface area contributed by atoms with E-state index >= 15 is 0 Å². The van der Waals surface area contributed by atoms with Gasteiger partial charge < -0.3 is 33.8 Å². The Morgan fingerprint density at radius 3 is 0.840 bits per heavy atom. The Labute approximate surface area is 607 Å². The zero-order valence-corrected chi connectivity index (χ0v) is 64.9. The number of esters is 4. The fourth-order valence-corrected chi connectivity index (χ4v) is 12.0. The third-order valence-corrected chi connectivity index (χ3v) is 18.4. The van der Waals surface area contributed by atoms with Crippen LogP contribution in [0.1, 0.15) is 336 Å². The number of allylic oxidation sites excluding steroid dienone is 16. The fourth-order valence-electron chi connectivity index (χ4n) is 10.5. The topological polar surface area (TPSA) is 237 Å². The van der Waals surface area contributed by atoms with Gasteiger partial charge in [0.2, 0.25) is 0 Å². The molecule has 0 aliphatic carbocycles. The lowest BCUT2D eigenvalue weighted by Gasteiger charge is -2.21. The molecule has 0 amide bonds. The summed E-state index contributed by atoms with van der Waals surface area (Å²) in [6.07, 6.45) is 76.7. The zero-order chi connectivity index (χ0) is 73.2. The quantitative estimate of drug-likeness (QED) is 0.0169. The Hall–Kier alpha value is -4.02. The lowest BCUT2D eigenvalue weighted by Crippen LogP contribution is -2.30. The first-order chi connectivity index (χ1) is 48.7. The van der Waals surface area contributed by atoms with Crippen molar-refractivity contribution in [2.75, 3.05) is 39.6 Å². The number of aliphatic hydroxyl groups excluding tert-OH is 1. The van der Waals surface area contributed by atoms with Gasteiger partial charge in [-0.05, 0) is 148 Å². The van der Waals surface area contributed by atoms with Crippen LogP contribution in [0.2, 0.25) is 0 Å². The predicted molar refractivity (Wildman–Crippen MR) is 409 cm³/mol. The van der Waals surface area contributed by atoms with E-state index in [0.717, 1.165) is 173 Å². The Kier molecular flexibility index (Phi) is 70.4. The molecule has 5 unspecified atom stereocenters. The third kappa shape index (κ3) is 72.3. The van der Waals surface area contributed by atoms with Crippen LogP contribution in [-0.2, 0) is 65.4 Å². The zero-order valence-electron chi connectivity index (χ0n) is 63.1. The second kappa shape index (κ2) is 73.3. The highest BCUT2D eigenvalue weighted by Crippen LogP contribution is 2.45. The molecule has 17 nitrogen and oxygen atoms in total. The first-order valence-corrected chi connectivity index (χ1v) is 42.5. The molecule has 0 fully saturated rings. The molecule has 19 heteroatoms. The number of rotatable bonds is 74. The molecule has 0 aromatic rings. The van der Waals surface area contributed by atoms with Gasteiger partial charge in [-0.1, -0.05) is 260 Å². The Balaban J connectivity index is 5.38. The van der Waals surface area contributed by atoms with Crippen LogP contribution in [0.15, 0.2) is 97.2 Å². The molecule has 0 heterocycles. The molecule has 0 aromatic carbocycles. The standard InChI is InChI=1S/C81H142O17P2/c1-5-9-13-17-21-25-29-33-36-37-40-43-46-50-54-58-62-66-79(84)92-72-77(98-81(86)68-64-60-56-52-48-44-39-35-31-27-23-19-15-11-7-3)74-96-100(89,90)94-70-75(82)69-93-99(87,88)95-73-76(97-80(85)67-63-59-55-51-47-41-32-28-24-20-16-12-8-4)71-91-78(83)65-61-57-53-49-45-42-38-34-30-26-22-18-14-10-6-2/h9,13,21-22,25-26,28,32-36,38-40,43,75-77,82H,5-8,10-12,14-20,23-24,27,29-31,37,41-42,44-74H2,1-4H3,(H,87,88)(H,89,90)/b13-9-,25-21-,26-22-,32-28-,36-33-,38-34-,39-35-,43-40-. The average Bonchev–Trinajstić information content (AvgIpc) is 1.06. The summed E-state index contributed by atoms with van der Waals surface area (Å²) in [4.78, 5) is 72.9. The van der Waals surface area contributed by atoms with Crippen molar-refractivity contribution in [1.29, 1.82) is 0 Å². The van der Waals surface area contributed by atoms with Gasteiger partial charge in [0, 0.05) is 25.7 Å². The SMILES string of the molecule is CC/C=C\C/C=C\C/C=C\C/C=C\CCCCCCC(=O)OCC(COP(=O)(O)OCC(O)COP(=O)(O)OCC(COC(=O)CCCCCCC/C=C\C/C=C\CCCCC)OC(=O)CCCCCCC/C=C\CCCCCC)OC(=O)CCCCCCC/C=C\CCCCCCCC. The summed E-state index contributed by atoms with van der Waals surface area (Å²) in [6.45, 7) is 4.68. The number of phosphoric ester groups is 2. The minimum Gasteiger partial charge on any atom is -0.462 e. The summed E-state index contributed by atoms with van der Waals surface area (Å²) in [5.74, 6) is -2.22. The number of carbonyl (C=O) groups excluding carboxylic acids is 4. The van der Waals surface area contributed by atoms with Crippen molar-refractivity contribution in [3.05, 3.63) is 97.2 Å². The molecule has 3 N–H and O–H groups in total. The number of carbonyl (C=O) groups is 4. The molecule has 0 radical (unpaired) electrons. The van der Waals surface area contributed by atoms with Gasteiger partial charge in [0.25, 0.3) is 0 Å². The summed E-state index contributed by atoms with van der Waals surface area (Å²) in [7, 11) is -9.96. The van der Waals surface area contributed by atoms with Gasteiger partial charge in [-0.2, -0.15) is 0 Å². The van der Waals surface area contributed by atoms with E-state index in [1.807, 2.05) is 0 Å². The van der Waals surface area contributed by atoms with Crippen molar-refractivity contribution in [3.8, 4) is 0 Å². The third-order valence-electron chi connectivity index (χ3n) is 16.5. The van der Waals surface area contributed by atoms with Crippen LogP contribution in [0.4, 0.5) is 0 Å². The second-order valence-corrected chi connectivity index (χ2v) is 29.2. The van der Waals surface area contributed by atoms with Crippen LogP contribution in [0, 0.1) is 0 Å². The first-order valence-electron chi connectivity index (χ1n) is 39.5. The minimum atomic E-state index is -4.98. The second-order valence-electron chi connectivity index (χ2n) is 26.3. The largest absolute Gasteiger partial charge is 0.472 e. The van der Waals surface area contributed by atoms with Gasteiger partial charge in [-0.25, -0.2) is 9.13 Å². The number of ether oxygens (including phenoxy) is 4. The van der Waals surface area contributed by atoms with Crippen LogP contribution in [0.25, 0.3) is 0 Å². The molecule has 0 saturated carbocycles. The highest BCUT2D eigenvalue weighted by atomic mass is 31.2. The summed E-state index contributed by atoms with van der Waals surface area (Å²) in [5, 5.41) is 10.6. The minimum absolute atomic E-state index is 0.0793. The maximum absolute atomic E-state index is 13.1. The molecule has 0 aliphatic rings. The number of phosphoric acid groups is 2. The van der Waals surface area contributed by atoms with Crippen LogP contribution in [-0.4, -0.2) is 96.7 Å². The lowest BCUT2D eigenvalue weighted by atomic mass is 10.1. The maximum atomic E-state index is 13.1. The summed E-state index contributed by atoms with van der Waals surface area (Å²) < 4.78 is 68.5. The van der Waals surface area contributed by atoms with E-state index in [1.54, 1.807) is 0 Å². The van der Waals surface area contributed by atoms with Crippen LogP contribution in [0.3, 0.4) is 0 Å². The maximum Gasteiger partial charge on any atom is 0.472 e. The monoisotopic (exact) mass is 1450 g/mol. The molecule has 0 rings (SSSR count). The molecule has 0 saturated heterocycles. The normalized spacial score (nSPS) is 14.4. The van der Waals surface area contributed by atoms with Crippen LogP contribution >= 0.6 is 15.6 Å². The van der Waals surface area contributed by atoms with E-state index < -0.39 is 97.5 Å². The lowest BCUT2D eigenvalue weighted by molar-refractivity contribution is -0.161. The summed E-state index contributed by atoms with van der Waals surface area (Å²) in [6, 6.07) is 0. The van der Waals surface area contributed by atoms with Crippen LogP contribution in [0.5, 0.6) is 0 Å². The van der Waals surface area contributed by atoms with Crippen molar-refractivity contribution in [1.82, 2.24) is 0 Å². The molecule has 0 spiro atoms. The smallest absolute Gasteiger partial charge is 0.462 e. The van der Waals surface area contributed by atoms with E-state index in [2.05, 4.69) is 125 Å². The number of unbranched alkanes of at least 4 members (excludes halogenated alkanes) is 32. The van der Waals surface area contributed by atoms with Crippen molar-refractivity contribution in [3.63, 3.8) is 0 Å². The van der Waals surface area contributed by atoms with Crippen molar-refractivity contribution in [2.24, 2.45) is 0 Å². The van der Waals surface area contributed by atoms with Crippen LogP contribution < -0.4 is 0 Å². The van der Waals surface area contributed by atoms with E-state index in [-0.39, 0.29) is 25.7 Å². The van der Waals surface area contributed by atoms with Gasteiger partial charge in [0.05, 0.1) is 26.4 Å². The molecule has 578 valence electrons. The van der Waals surface area contributed by atoms with Gasteiger partial charge in [0.1, 0.15) is 19.3 Å². The fraction of sp³-hybridized carbons (Fsp3) is 0.753. The summed E-state index contributed by atoms with van der Waals surface area (Å²) >= 11 is 0. The molecule has 0 bridgehead atoms. The Morgan fingerprint density at radius 2 is 0.520 bits per heavy atom.